The number of aromatic nitrogens is 1. The van der Waals surface area contributed by atoms with Crippen molar-refractivity contribution >= 4 is 32.6 Å². The van der Waals surface area contributed by atoms with E-state index in [1.807, 2.05) is 36.4 Å². The molecule has 0 radical (unpaired) electrons. The van der Waals surface area contributed by atoms with E-state index in [0.29, 0.717) is 11.6 Å². The third kappa shape index (κ3) is 3.51. The number of methoxy groups -OCH3 is 1. The van der Waals surface area contributed by atoms with E-state index in [4.69, 9.17) is 4.74 Å². The fraction of sp³-hybridized carbons (Fsp3) is 0.222. The highest BCUT2D eigenvalue weighted by Gasteiger charge is 2.10. The minimum absolute atomic E-state index is 0.0737. The lowest BCUT2D eigenvalue weighted by molar-refractivity contribution is -0.115. The molecule has 3 aromatic rings. The van der Waals surface area contributed by atoms with Crippen molar-refractivity contribution in [2.24, 2.45) is 0 Å². The van der Waals surface area contributed by atoms with Gasteiger partial charge in [0.1, 0.15) is 5.75 Å². The molecular weight excluding hydrogens is 308 g/mol. The van der Waals surface area contributed by atoms with Crippen molar-refractivity contribution in [3.8, 4) is 5.75 Å². The molecule has 1 N–H and O–H groups in total. The van der Waals surface area contributed by atoms with E-state index in [0.717, 1.165) is 28.0 Å². The van der Waals surface area contributed by atoms with Crippen LogP contribution in [-0.4, -0.2) is 18.0 Å². The van der Waals surface area contributed by atoms with Gasteiger partial charge < -0.3 is 10.1 Å². The topological polar surface area (TPSA) is 51.2 Å². The van der Waals surface area contributed by atoms with Gasteiger partial charge in [0.2, 0.25) is 5.91 Å². The summed E-state index contributed by atoms with van der Waals surface area (Å²) in [6.07, 6.45) is 1.23. The van der Waals surface area contributed by atoms with Gasteiger partial charge in [0.25, 0.3) is 0 Å². The maximum atomic E-state index is 12.2. The number of aryl methyl sites for hydroxylation is 1. The van der Waals surface area contributed by atoms with Gasteiger partial charge in [0.15, 0.2) is 5.13 Å². The van der Waals surface area contributed by atoms with Crippen molar-refractivity contribution in [2.45, 2.75) is 19.8 Å². The van der Waals surface area contributed by atoms with Crippen molar-refractivity contribution < 1.29 is 9.53 Å². The van der Waals surface area contributed by atoms with Gasteiger partial charge in [0, 0.05) is 0 Å². The van der Waals surface area contributed by atoms with Crippen LogP contribution in [0.3, 0.4) is 0 Å². The molecule has 0 aliphatic rings. The first kappa shape index (κ1) is 15.5. The number of anilines is 1. The summed E-state index contributed by atoms with van der Waals surface area (Å²) in [4.78, 5) is 16.8. The van der Waals surface area contributed by atoms with Gasteiger partial charge in [-0.1, -0.05) is 42.5 Å². The lowest BCUT2D eigenvalue weighted by Gasteiger charge is -2.04. The minimum atomic E-state index is -0.0737. The van der Waals surface area contributed by atoms with Crippen LogP contribution in [0.5, 0.6) is 5.75 Å². The highest BCUT2D eigenvalue weighted by Crippen LogP contribution is 2.28. The average molecular weight is 326 g/mol. The summed E-state index contributed by atoms with van der Waals surface area (Å²) in [7, 11) is 1.62. The van der Waals surface area contributed by atoms with E-state index < -0.39 is 0 Å². The predicted molar refractivity (Wildman–Crippen MR) is 94.3 cm³/mol. The number of benzene rings is 2. The number of rotatable bonds is 5. The van der Waals surface area contributed by atoms with Crippen molar-refractivity contribution in [3.05, 3.63) is 53.6 Å². The summed E-state index contributed by atoms with van der Waals surface area (Å²) in [5, 5.41) is 3.54. The molecule has 0 aliphatic carbocycles. The monoisotopic (exact) mass is 326 g/mol. The summed E-state index contributed by atoms with van der Waals surface area (Å²) >= 11 is 1.51. The van der Waals surface area contributed by atoms with E-state index in [1.54, 1.807) is 7.11 Å². The van der Waals surface area contributed by atoms with Gasteiger partial charge in [-0.2, -0.15) is 0 Å². The Morgan fingerprint density at radius 2 is 2.09 bits per heavy atom. The second-order valence-electron chi connectivity index (χ2n) is 5.21. The quantitative estimate of drug-likeness (QED) is 0.769. The molecule has 0 fully saturated rings. The van der Waals surface area contributed by atoms with Crippen molar-refractivity contribution in [3.63, 3.8) is 0 Å². The van der Waals surface area contributed by atoms with E-state index in [1.165, 1.54) is 16.9 Å². The van der Waals surface area contributed by atoms with Crippen LogP contribution in [-0.2, 0) is 17.6 Å². The van der Waals surface area contributed by atoms with Gasteiger partial charge in [-0.15, -0.1) is 0 Å². The Bertz CT molecular complexity index is 842. The molecule has 0 unspecified atom stereocenters. The minimum Gasteiger partial charge on any atom is -0.497 e. The van der Waals surface area contributed by atoms with E-state index in [9.17, 15) is 4.79 Å². The molecule has 1 heterocycles. The number of ether oxygens (including phenoxy) is 1. The van der Waals surface area contributed by atoms with Crippen molar-refractivity contribution in [1.82, 2.24) is 4.98 Å². The summed E-state index contributed by atoms with van der Waals surface area (Å²) in [5.41, 5.74) is 3.10. The molecule has 0 saturated carbocycles. The standard InChI is InChI=1S/C18H18N2O2S/c1-3-13-7-5-9-15-17(13)20-18(23-15)19-16(21)11-12-6-4-8-14(10-12)22-2/h4-10H,3,11H2,1-2H3,(H,19,20,21). The molecular formula is C18H18N2O2S. The van der Waals surface area contributed by atoms with Crippen molar-refractivity contribution in [1.29, 1.82) is 0 Å². The highest BCUT2D eigenvalue weighted by molar-refractivity contribution is 7.22. The van der Waals surface area contributed by atoms with Gasteiger partial charge in [-0.3, -0.25) is 4.79 Å². The molecule has 0 atom stereocenters. The van der Waals surface area contributed by atoms with Crippen LogP contribution in [0.1, 0.15) is 18.1 Å². The average Bonchev–Trinajstić information content (AvgIpc) is 2.96. The molecule has 5 heteroatoms. The SMILES string of the molecule is CCc1cccc2sc(NC(=O)Cc3cccc(OC)c3)nc12. The van der Waals surface area contributed by atoms with E-state index >= 15 is 0 Å². The fourth-order valence-electron chi connectivity index (χ4n) is 2.48. The van der Waals surface area contributed by atoms with Gasteiger partial charge in [-0.05, 0) is 35.7 Å². The molecule has 2 aromatic carbocycles. The zero-order chi connectivity index (χ0) is 16.2. The van der Waals surface area contributed by atoms with Crippen LogP contribution >= 0.6 is 11.3 Å². The first-order valence-electron chi connectivity index (χ1n) is 7.51. The predicted octanol–water partition coefficient (Wildman–Crippen LogP) is 4.05. The smallest absolute Gasteiger partial charge is 0.230 e. The largest absolute Gasteiger partial charge is 0.497 e. The number of nitrogens with one attached hydrogen (secondary N) is 1. The molecule has 0 bridgehead atoms. The molecule has 0 aliphatic heterocycles. The van der Waals surface area contributed by atoms with Crippen molar-refractivity contribution in [2.75, 3.05) is 12.4 Å². The molecule has 0 saturated heterocycles. The fourth-order valence-corrected chi connectivity index (χ4v) is 3.41. The summed E-state index contributed by atoms with van der Waals surface area (Å²) in [5.74, 6) is 0.679. The number of para-hydroxylation sites is 1. The third-order valence-corrected chi connectivity index (χ3v) is 4.56. The summed E-state index contributed by atoms with van der Waals surface area (Å²) in [6.45, 7) is 2.11. The first-order chi connectivity index (χ1) is 11.2. The number of carbonyl (C=O) groups excluding carboxylic acids is 1. The number of amides is 1. The number of hydrogen-bond donors (Lipinski definition) is 1. The van der Waals surface area contributed by atoms with Crippen LogP contribution in [0.2, 0.25) is 0 Å². The summed E-state index contributed by atoms with van der Waals surface area (Å²) in [6, 6.07) is 13.7. The third-order valence-electron chi connectivity index (χ3n) is 3.63. The van der Waals surface area contributed by atoms with Crippen LogP contribution in [0, 0.1) is 0 Å². The van der Waals surface area contributed by atoms with E-state index in [-0.39, 0.29) is 5.91 Å². The molecule has 4 nitrogen and oxygen atoms in total. The zero-order valence-corrected chi connectivity index (χ0v) is 13.9. The normalized spacial score (nSPS) is 10.7. The Kier molecular flexibility index (Phi) is 4.57. The van der Waals surface area contributed by atoms with Gasteiger partial charge in [0.05, 0.1) is 23.7 Å². The van der Waals surface area contributed by atoms with Crippen LogP contribution in [0.25, 0.3) is 10.2 Å². The molecule has 1 aromatic heterocycles. The van der Waals surface area contributed by atoms with E-state index in [2.05, 4.69) is 23.3 Å². The van der Waals surface area contributed by atoms with Crippen LogP contribution < -0.4 is 10.1 Å². The molecule has 3 rings (SSSR count). The highest BCUT2D eigenvalue weighted by atomic mass is 32.1. The lowest BCUT2D eigenvalue weighted by Crippen LogP contribution is -2.14. The zero-order valence-electron chi connectivity index (χ0n) is 13.1. The number of nitrogens with zero attached hydrogens (tertiary/aromatic N) is 1. The number of carbonyl (C=O) groups is 1. The molecule has 1 amide bonds. The second kappa shape index (κ2) is 6.79. The lowest BCUT2D eigenvalue weighted by atomic mass is 10.1. The first-order valence-corrected chi connectivity index (χ1v) is 8.32. The molecule has 118 valence electrons. The number of hydrogen-bond acceptors (Lipinski definition) is 4. The number of thiazole rings is 1. The van der Waals surface area contributed by atoms with Gasteiger partial charge >= 0.3 is 0 Å². The maximum Gasteiger partial charge on any atom is 0.230 e. The van der Waals surface area contributed by atoms with Gasteiger partial charge in [-0.25, -0.2) is 4.98 Å². The Morgan fingerprint density at radius 1 is 1.26 bits per heavy atom. The Labute approximate surface area is 139 Å². The van der Waals surface area contributed by atoms with Crippen LogP contribution in [0.4, 0.5) is 5.13 Å². The Hall–Kier alpha value is -2.40. The number of fused-ring (bicyclic) bond motifs is 1. The molecule has 0 spiro atoms. The second-order valence-corrected chi connectivity index (χ2v) is 6.24. The maximum absolute atomic E-state index is 12.2. The molecule has 23 heavy (non-hydrogen) atoms. The summed E-state index contributed by atoms with van der Waals surface area (Å²) < 4.78 is 6.28. The Morgan fingerprint density at radius 3 is 2.87 bits per heavy atom. The van der Waals surface area contributed by atoms with Crippen LogP contribution in [0.15, 0.2) is 42.5 Å². The Balaban J connectivity index is 1.75.